The molecule has 1 amide bonds. The largest absolute Gasteiger partial charge is 0.360 e. The van der Waals surface area contributed by atoms with Gasteiger partial charge in [-0.15, -0.1) is 0 Å². The van der Waals surface area contributed by atoms with Gasteiger partial charge in [0.25, 0.3) is 5.91 Å². The Morgan fingerprint density at radius 1 is 1.07 bits per heavy atom. The minimum atomic E-state index is 0.0695. The number of aryl methyl sites for hydroxylation is 1. The van der Waals surface area contributed by atoms with Gasteiger partial charge in [-0.05, 0) is 13.0 Å². The summed E-state index contributed by atoms with van der Waals surface area (Å²) in [5.41, 5.74) is 1.72. The lowest BCUT2D eigenvalue weighted by molar-refractivity contribution is 0.0748. The number of piperazine rings is 1. The maximum absolute atomic E-state index is 13.0. The normalized spacial score (nSPS) is 14.5. The summed E-state index contributed by atoms with van der Waals surface area (Å²) in [5, 5.41) is 0.969. The minimum absolute atomic E-state index is 0.0695. The van der Waals surface area contributed by atoms with Gasteiger partial charge in [-0.2, -0.15) is 0 Å². The summed E-state index contributed by atoms with van der Waals surface area (Å²) in [7, 11) is 0. The first-order chi connectivity index (χ1) is 14.2. The van der Waals surface area contributed by atoms with Crippen LogP contribution in [0.1, 0.15) is 16.2 Å². The fourth-order valence-electron chi connectivity index (χ4n) is 3.78. The molecule has 8 heteroatoms. The fourth-order valence-corrected chi connectivity index (χ4v) is 3.78. The first-order valence-corrected chi connectivity index (χ1v) is 9.63. The molecule has 1 saturated heterocycles. The van der Waals surface area contributed by atoms with E-state index in [1.165, 1.54) is 0 Å². The van der Waals surface area contributed by atoms with E-state index in [4.69, 9.17) is 0 Å². The van der Waals surface area contributed by atoms with Crippen molar-refractivity contribution in [3.8, 4) is 5.82 Å². The third-order valence-corrected chi connectivity index (χ3v) is 5.29. The summed E-state index contributed by atoms with van der Waals surface area (Å²) in [6.45, 7) is 4.66. The van der Waals surface area contributed by atoms with Crippen LogP contribution in [0, 0.1) is 6.92 Å². The van der Waals surface area contributed by atoms with Gasteiger partial charge in [0.15, 0.2) is 0 Å². The number of aromatic amines is 1. The van der Waals surface area contributed by atoms with Crippen molar-refractivity contribution in [2.75, 3.05) is 31.1 Å². The number of carbonyl (C=O) groups excluding carboxylic acids is 1. The molecule has 0 bridgehead atoms. The van der Waals surface area contributed by atoms with Crippen LogP contribution in [0.4, 0.5) is 5.82 Å². The number of nitrogens with one attached hydrogen (secondary N) is 1. The number of hydrogen-bond acceptors (Lipinski definition) is 5. The van der Waals surface area contributed by atoms with Crippen molar-refractivity contribution in [2.45, 2.75) is 6.92 Å². The predicted molar refractivity (Wildman–Crippen MR) is 110 cm³/mol. The highest BCUT2D eigenvalue weighted by atomic mass is 16.2. The van der Waals surface area contributed by atoms with Gasteiger partial charge in [0.05, 0.1) is 5.56 Å². The monoisotopic (exact) mass is 387 g/mol. The van der Waals surface area contributed by atoms with Crippen LogP contribution in [0.2, 0.25) is 0 Å². The molecule has 0 unspecified atom stereocenters. The summed E-state index contributed by atoms with van der Waals surface area (Å²) in [6.07, 6.45) is 7.13. The molecule has 4 heterocycles. The molecule has 8 nitrogen and oxygen atoms in total. The SMILES string of the molecule is Cc1nc(N2CCN(C(=O)c3c[nH]c4ccccc34)CC2)cc(-n2ccnc2)n1. The highest BCUT2D eigenvalue weighted by Crippen LogP contribution is 2.22. The van der Waals surface area contributed by atoms with Gasteiger partial charge in [0.1, 0.15) is 23.8 Å². The quantitative estimate of drug-likeness (QED) is 0.584. The average molecular weight is 387 g/mol. The fraction of sp³-hybridized carbons (Fsp3) is 0.238. The van der Waals surface area contributed by atoms with Crippen LogP contribution in [0.5, 0.6) is 0 Å². The summed E-state index contributed by atoms with van der Waals surface area (Å²) in [4.78, 5) is 33.5. The molecule has 0 spiro atoms. The minimum Gasteiger partial charge on any atom is -0.360 e. The Bertz CT molecular complexity index is 1160. The molecule has 1 aliphatic heterocycles. The number of H-pyrrole nitrogens is 1. The van der Waals surface area contributed by atoms with Crippen LogP contribution in [0.25, 0.3) is 16.7 Å². The molecular formula is C21H21N7O. The van der Waals surface area contributed by atoms with Crippen molar-refractivity contribution < 1.29 is 4.79 Å². The molecule has 146 valence electrons. The van der Waals surface area contributed by atoms with Gasteiger partial charge in [-0.1, -0.05) is 18.2 Å². The van der Waals surface area contributed by atoms with Crippen LogP contribution >= 0.6 is 0 Å². The van der Waals surface area contributed by atoms with Crippen LogP contribution < -0.4 is 4.90 Å². The Balaban J connectivity index is 1.32. The van der Waals surface area contributed by atoms with Crippen molar-refractivity contribution in [2.24, 2.45) is 0 Å². The molecule has 5 rings (SSSR count). The second-order valence-electron chi connectivity index (χ2n) is 7.13. The second kappa shape index (κ2) is 7.05. The number of aromatic nitrogens is 5. The molecule has 4 aromatic rings. The summed E-state index contributed by atoms with van der Waals surface area (Å²) in [6, 6.07) is 9.86. The first-order valence-electron chi connectivity index (χ1n) is 9.63. The second-order valence-corrected chi connectivity index (χ2v) is 7.13. The van der Waals surface area contributed by atoms with Crippen LogP contribution in [-0.4, -0.2) is 61.5 Å². The molecule has 0 aliphatic carbocycles. The molecule has 1 aromatic carbocycles. The zero-order valence-corrected chi connectivity index (χ0v) is 16.1. The summed E-state index contributed by atoms with van der Waals surface area (Å²) < 4.78 is 1.87. The Morgan fingerprint density at radius 2 is 1.86 bits per heavy atom. The van der Waals surface area contributed by atoms with Crippen molar-refractivity contribution in [1.29, 1.82) is 0 Å². The standard InChI is InChI=1S/C21H21N7O/c1-15-24-19(12-20(25-15)28-7-6-22-14-28)26-8-10-27(11-9-26)21(29)17-13-23-18-5-3-2-4-16(17)18/h2-7,12-14,23H,8-11H2,1H3. The third kappa shape index (κ3) is 3.22. The zero-order chi connectivity index (χ0) is 19.8. The van der Waals surface area contributed by atoms with Gasteiger partial charge >= 0.3 is 0 Å². The number of imidazole rings is 1. The molecular weight excluding hydrogens is 366 g/mol. The zero-order valence-electron chi connectivity index (χ0n) is 16.1. The van der Waals surface area contributed by atoms with E-state index in [9.17, 15) is 4.79 Å². The number of carbonyl (C=O) groups is 1. The van der Waals surface area contributed by atoms with Crippen molar-refractivity contribution in [1.82, 2.24) is 29.4 Å². The Labute approximate surface area is 167 Å². The van der Waals surface area contributed by atoms with Gasteiger partial charge < -0.3 is 14.8 Å². The van der Waals surface area contributed by atoms with E-state index in [-0.39, 0.29) is 5.91 Å². The topological polar surface area (TPSA) is 82.9 Å². The Hall–Kier alpha value is -3.68. The predicted octanol–water partition coefficient (Wildman–Crippen LogP) is 2.41. The number of nitrogens with zero attached hydrogens (tertiary/aromatic N) is 6. The van der Waals surface area contributed by atoms with E-state index in [2.05, 4.69) is 24.8 Å². The number of rotatable bonds is 3. The van der Waals surface area contributed by atoms with Gasteiger partial charge in [0.2, 0.25) is 0 Å². The molecule has 29 heavy (non-hydrogen) atoms. The summed E-state index contributed by atoms with van der Waals surface area (Å²) in [5.74, 6) is 2.45. The number of hydrogen-bond donors (Lipinski definition) is 1. The van der Waals surface area contributed by atoms with Gasteiger partial charge in [0, 0.05) is 61.7 Å². The van der Waals surface area contributed by atoms with Gasteiger partial charge in [-0.25, -0.2) is 15.0 Å². The van der Waals surface area contributed by atoms with Crippen LogP contribution in [-0.2, 0) is 0 Å². The lowest BCUT2D eigenvalue weighted by Crippen LogP contribution is -2.49. The molecule has 0 saturated carbocycles. The van der Waals surface area contributed by atoms with E-state index < -0.39 is 0 Å². The molecule has 0 atom stereocenters. The molecule has 1 fully saturated rings. The number of fused-ring (bicyclic) bond motifs is 1. The number of benzene rings is 1. The molecule has 1 N–H and O–H groups in total. The van der Waals surface area contributed by atoms with E-state index in [0.717, 1.165) is 41.2 Å². The molecule has 1 aliphatic rings. The van der Waals surface area contributed by atoms with Crippen molar-refractivity contribution in [3.63, 3.8) is 0 Å². The lowest BCUT2D eigenvalue weighted by atomic mass is 10.1. The molecule has 3 aromatic heterocycles. The number of anilines is 1. The van der Waals surface area contributed by atoms with Crippen LogP contribution in [0.15, 0.2) is 55.2 Å². The van der Waals surface area contributed by atoms with E-state index in [1.807, 2.05) is 59.1 Å². The molecule has 0 radical (unpaired) electrons. The maximum Gasteiger partial charge on any atom is 0.256 e. The van der Waals surface area contributed by atoms with Crippen molar-refractivity contribution >= 4 is 22.6 Å². The van der Waals surface area contributed by atoms with E-state index in [1.54, 1.807) is 12.5 Å². The third-order valence-electron chi connectivity index (χ3n) is 5.29. The highest BCUT2D eigenvalue weighted by molar-refractivity contribution is 6.06. The van der Waals surface area contributed by atoms with Crippen molar-refractivity contribution in [3.05, 3.63) is 66.6 Å². The smallest absolute Gasteiger partial charge is 0.256 e. The Morgan fingerprint density at radius 3 is 2.66 bits per heavy atom. The maximum atomic E-state index is 13.0. The van der Waals surface area contributed by atoms with E-state index in [0.29, 0.717) is 18.9 Å². The average Bonchev–Trinajstić information content (AvgIpc) is 3.43. The van der Waals surface area contributed by atoms with E-state index >= 15 is 0 Å². The number of para-hydroxylation sites is 1. The first kappa shape index (κ1) is 17.4. The lowest BCUT2D eigenvalue weighted by Gasteiger charge is -2.35. The number of amides is 1. The highest BCUT2D eigenvalue weighted by Gasteiger charge is 2.25. The Kier molecular flexibility index (Phi) is 4.23. The van der Waals surface area contributed by atoms with Gasteiger partial charge in [-0.3, -0.25) is 9.36 Å². The van der Waals surface area contributed by atoms with Crippen LogP contribution in [0.3, 0.4) is 0 Å². The summed E-state index contributed by atoms with van der Waals surface area (Å²) >= 11 is 0.